The maximum atomic E-state index is 12.7. The first-order chi connectivity index (χ1) is 6.65. The number of hydrogen-bond acceptors (Lipinski definition) is 1. The second-order valence-electron chi connectivity index (χ2n) is 2.79. The SMILES string of the molecule is C=CCNCc1cc(F)c(F)c(F)c1. The summed E-state index contributed by atoms with van der Waals surface area (Å²) in [6, 6.07) is 1.93. The van der Waals surface area contributed by atoms with Crippen LogP contribution in [0.15, 0.2) is 24.8 Å². The van der Waals surface area contributed by atoms with Crippen LogP contribution in [0, 0.1) is 17.5 Å². The highest BCUT2D eigenvalue weighted by Gasteiger charge is 2.09. The summed E-state index contributed by atoms with van der Waals surface area (Å²) in [7, 11) is 0. The predicted octanol–water partition coefficient (Wildman–Crippen LogP) is 2.38. The average Bonchev–Trinajstić information content (AvgIpc) is 2.14. The van der Waals surface area contributed by atoms with Crippen molar-refractivity contribution in [3.63, 3.8) is 0 Å². The van der Waals surface area contributed by atoms with Crippen LogP contribution in [0.25, 0.3) is 0 Å². The van der Waals surface area contributed by atoms with Gasteiger partial charge in [-0.05, 0) is 17.7 Å². The molecule has 0 aliphatic rings. The molecule has 1 aromatic rings. The van der Waals surface area contributed by atoms with E-state index in [-0.39, 0.29) is 6.54 Å². The molecule has 1 nitrogen and oxygen atoms in total. The Labute approximate surface area is 80.2 Å². The molecule has 0 fully saturated rings. The van der Waals surface area contributed by atoms with Gasteiger partial charge in [0.25, 0.3) is 0 Å². The molecule has 0 radical (unpaired) electrons. The maximum Gasteiger partial charge on any atom is 0.194 e. The Bertz CT molecular complexity index is 313. The van der Waals surface area contributed by atoms with Gasteiger partial charge in [-0.3, -0.25) is 0 Å². The zero-order valence-corrected chi connectivity index (χ0v) is 7.49. The highest BCUT2D eigenvalue weighted by Crippen LogP contribution is 2.13. The van der Waals surface area contributed by atoms with Crippen molar-refractivity contribution in [1.82, 2.24) is 5.32 Å². The molecule has 0 saturated heterocycles. The summed E-state index contributed by atoms with van der Waals surface area (Å²) in [6.45, 7) is 4.28. The van der Waals surface area contributed by atoms with E-state index in [9.17, 15) is 13.2 Å². The van der Waals surface area contributed by atoms with E-state index >= 15 is 0 Å². The van der Waals surface area contributed by atoms with Crippen LogP contribution in [0.1, 0.15) is 5.56 Å². The fourth-order valence-corrected chi connectivity index (χ4v) is 1.03. The summed E-state index contributed by atoms with van der Waals surface area (Å²) in [5.74, 6) is -3.77. The van der Waals surface area contributed by atoms with Crippen molar-refractivity contribution in [3.8, 4) is 0 Å². The maximum absolute atomic E-state index is 12.7. The lowest BCUT2D eigenvalue weighted by atomic mass is 10.2. The lowest BCUT2D eigenvalue weighted by Crippen LogP contribution is -2.13. The first-order valence-corrected chi connectivity index (χ1v) is 4.10. The summed E-state index contributed by atoms with van der Waals surface area (Å²) in [5, 5.41) is 2.85. The van der Waals surface area contributed by atoms with E-state index < -0.39 is 17.5 Å². The van der Waals surface area contributed by atoms with Crippen molar-refractivity contribution < 1.29 is 13.2 Å². The van der Waals surface area contributed by atoms with Crippen LogP contribution < -0.4 is 5.32 Å². The van der Waals surface area contributed by atoms with Crippen LogP contribution in [-0.2, 0) is 6.54 Å². The van der Waals surface area contributed by atoms with E-state index in [1.807, 2.05) is 0 Å². The zero-order valence-electron chi connectivity index (χ0n) is 7.49. The highest BCUT2D eigenvalue weighted by atomic mass is 19.2. The lowest BCUT2D eigenvalue weighted by Gasteiger charge is -2.03. The Hall–Kier alpha value is -1.29. The van der Waals surface area contributed by atoms with Crippen LogP contribution in [0.3, 0.4) is 0 Å². The standard InChI is InChI=1S/C10H10F3N/c1-2-3-14-6-7-4-8(11)10(13)9(12)5-7/h2,4-5,14H,1,3,6H2. The molecular weight excluding hydrogens is 191 g/mol. The molecule has 0 aliphatic heterocycles. The van der Waals surface area contributed by atoms with Gasteiger partial charge in [0.1, 0.15) is 0 Å². The van der Waals surface area contributed by atoms with Gasteiger partial charge in [-0.15, -0.1) is 6.58 Å². The molecule has 0 bridgehead atoms. The van der Waals surface area contributed by atoms with Gasteiger partial charge in [-0.2, -0.15) is 0 Å². The van der Waals surface area contributed by atoms with E-state index in [4.69, 9.17) is 0 Å². The molecule has 4 heteroatoms. The molecule has 0 spiro atoms. The first kappa shape index (κ1) is 10.8. The molecule has 1 N–H and O–H groups in total. The second kappa shape index (κ2) is 4.81. The van der Waals surface area contributed by atoms with Gasteiger partial charge < -0.3 is 5.32 Å². The summed E-state index contributed by atoms with van der Waals surface area (Å²) in [6.07, 6.45) is 1.62. The first-order valence-electron chi connectivity index (χ1n) is 4.10. The molecule has 0 aliphatic carbocycles. The van der Waals surface area contributed by atoms with Crippen LogP contribution in [-0.4, -0.2) is 6.54 Å². The van der Waals surface area contributed by atoms with Crippen LogP contribution >= 0.6 is 0 Å². The number of benzene rings is 1. The average molecular weight is 201 g/mol. The molecule has 0 amide bonds. The molecule has 0 unspecified atom stereocenters. The lowest BCUT2D eigenvalue weighted by molar-refractivity contribution is 0.444. The number of nitrogens with one attached hydrogen (secondary N) is 1. The Kier molecular flexibility index (Phi) is 3.71. The smallest absolute Gasteiger partial charge is 0.194 e. The van der Waals surface area contributed by atoms with Gasteiger partial charge >= 0.3 is 0 Å². The Morgan fingerprint density at radius 1 is 1.21 bits per heavy atom. The van der Waals surface area contributed by atoms with Crippen LogP contribution in [0.2, 0.25) is 0 Å². The van der Waals surface area contributed by atoms with Gasteiger partial charge in [0.15, 0.2) is 17.5 Å². The van der Waals surface area contributed by atoms with E-state index in [2.05, 4.69) is 11.9 Å². The second-order valence-corrected chi connectivity index (χ2v) is 2.79. The predicted molar refractivity (Wildman–Crippen MR) is 48.2 cm³/mol. The van der Waals surface area contributed by atoms with Crippen LogP contribution in [0.4, 0.5) is 13.2 Å². The molecule has 14 heavy (non-hydrogen) atoms. The van der Waals surface area contributed by atoms with Crippen molar-refractivity contribution >= 4 is 0 Å². The van der Waals surface area contributed by atoms with Gasteiger partial charge in [-0.25, -0.2) is 13.2 Å². The van der Waals surface area contributed by atoms with Crippen molar-refractivity contribution in [2.45, 2.75) is 6.54 Å². The van der Waals surface area contributed by atoms with Crippen molar-refractivity contribution in [1.29, 1.82) is 0 Å². The molecular formula is C10H10F3N. The third-order valence-corrected chi connectivity index (χ3v) is 1.66. The normalized spacial score (nSPS) is 10.2. The topological polar surface area (TPSA) is 12.0 Å². The van der Waals surface area contributed by atoms with Gasteiger partial charge in [0, 0.05) is 13.1 Å². The minimum Gasteiger partial charge on any atom is -0.309 e. The Morgan fingerprint density at radius 3 is 2.29 bits per heavy atom. The molecule has 0 saturated carbocycles. The van der Waals surface area contributed by atoms with Crippen molar-refractivity contribution in [2.75, 3.05) is 6.54 Å². The fourth-order valence-electron chi connectivity index (χ4n) is 1.03. The molecule has 0 heterocycles. The minimum atomic E-state index is -1.43. The molecule has 76 valence electrons. The summed E-state index contributed by atoms with van der Waals surface area (Å²) >= 11 is 0. The third kappa shape index (κ3) is 2.60. The van der Waals surface area contributed by atoms with Gasteiger partial charge in [0.05, 0.1) is 0 Å². The van der Waals surface area contributed by atoms with E-state index in [1.165, 1.54) is 0 Å². The molecule has 0 aromatic heterocycles. The summed E-state index contributed by atoms with van der Waals surface area (Å²) in [4.78, 5) is 0. The monoisotopic (exact) mass is 201 g/mol. The number of rotatable bonds is 4. The van der Waals surface area contributed by atoms with E-state index in [1.54, 1.807) is 6.08 Å². The van der Waals surface area contributed by atoms with Gasteiger partial charge in [0.2, 0.25) is 0 Å². The van der Waals surface area contributed by atoms with E-state index in [0.29, 0.717) is 12.1 Å². The zero-order chi connectivity index (χ0) is 10.6. The van der Waals surface area contributed by atoms with Crippen molar-refractivity contribution in [2.24, 2.45) is 0 Å². The summed E-state index contributed by atoms with van der Waals surface area (Å²) < 4.78 is 37.9. The quantitative estimate of drug-likeness (QED) is 0.448. The molecule has 1 rings (SSSR count). The fraction of sp³-hybridized carbons (Fsp3) is 0.200. The highest BCUT2D eigenvalue weighted by molar-refractivity contribution is 5.19. The largest absolute Gasteiger partial charge is 0.309 e. The van der Waals surface area contributed by atoms with Gasteiger partial charge in [-0.1, -0.05) is 6.08 Å². The number of hydrogen-bond donors (Lipinski definition) is 1. The molecule has 1 aromatic carbocycles. The molecule has 0 atom stereocenters. The minimum absolute atomic E-state index is 0.278. The number of halogens is 3. The third-order valence-electron chi connectivity index (χ3n) is 1.66. The Balaban J connectivity index is 2.74. The van der Waals surface area contributed by atoms with Crippen molar-refractivity contribution in [3.05, 3.63) is 47.8 Å². The Morgan fingerprint density at radius 2 is 1.79 bits per heavy atom. The van der Waals surface area contributed by atoms with Crippen LogP contribution in [0.5, 0.6) is 0 Å². The van der Waals surface area contributed by atoms with E-state index in [0.717, 1.165) is 12.1 Å². The summed E-state index contributed by atoms with van der Waals surface area (Å²) in [5.41, 5.74) is 0.364.